The molecule has 0 aliphatic rings. The Labute approximate surface area is 187 Å². The zero-order valence-electron chi connectivity index (χ0n) is 17.7. The van der Waals surface area contributed by atoms with Crippen LogP contribution in [-0.2, 0) is 0 Å². The van der Waals surface area contributed by atoms with Crippen LogP contribution in [0.4, 0.5) is 16.0 Å². The van der Waals surface area contributed by atoms with Crippen molar-refractivity contribution in [3.05, 3.63) is 81.4 Å². The summed E-state index contributed by atoms with van der Waals surface area (Å²) in [5, 5.41) is 22.0. The fraction of sp³-hybridized carbons (Fsp3) is 0.130. The van der Waals surface area contributed by atoms with Gasteiger partial charge in [0.25, 0.3) is 5.56 Å². The summed E-state index contributed by atoms with van der Waals surface area (Å²) in [6.45, 7) is 3.37. The number of hydrogen-bond donors (Lipinski definition) is 2. The predicted molar refractivity (Wildman–Crippen MR) is 120 cm³/mol. The molecule has 0 saturated heterocycles. The molecule has 0 unspecified atom stereocenters. The molecular weight excluding hydrogens is 423 g/mol. The minimum Gasteiger partial charge on any atom is -0.382 e. The Kier molecular flexibility index (Phi) is 5.42. The SMILES string of the molecule is Cc1nc(N)c(C#N)c(N[C@@H](C)c2nc3ccc(F)cc3c(=O)n2-c2cccc(C#N)c2)n1. The predicted octanol–water partition coefficient (Wildman–Crippen LogP) is 3.12. The van der Waals surface area contributed by atoms with E-state index in [9.17, 15) is 19.7 Å². The molecule has 0 fully saturated rings. The summed E-state index contributed by atoms with van der Waals surface area (Å²) < 4.78 is 15.2. The van der Waals surface area contributed by atoms with Gasteiger partial charge in [0.15, 0.2) is 5.82 Å². The lowest BCUT2D eigenvalue weighted by molar-refractivity contribution is 0.629. The van der Waals surface area contributed by atoms with E-state index >= 15 is 0 Å². The molecule has 0 bridgehead atoms. The minimum absolute atomic E-state index is 0.0285. The zero-order valence-corrected chi connectivity index (χ0v) is 17.7. The fourth-order valence-electron chi connectivity index (χ4n) is 3.51. The number of hydrogen-bond acceptors (Lipinski definition) is 8. The number of nitrogens with two attached hydrogens (primary N) is 1. The van der Waals surface area contributed by atoms with Crippen molar-refractivity contribution in [1.29, 1.82) is 10.5 Å². The maximum absolute atomic E-state index is 13.9. The van der Waals surface area contributed by atoms with E-state index in [0.717, 1.165) is 6.07 Å². The normalized spacial score (nSPS) is 11.5. The van der Waals surface area contributed by atoms with Gasteiger partial charge in [0.2, 0.25) is 0 Å². The third-order valence-corrected chi connectivity index (χ3v) is 4.99. The molecule has 0 aliphatic heterocycles. The molecule has 10 heteroatoms. The van der Waals surface area contributed by atoms with Crippen LogP contribution in [0.25, 0.3) is 16.6 Å². The molecule has 3 N–H and O–H groups in total. The average molecular weight is 440 g/mol. The van der Waals surface area contributed by atoms with Gasteiger partial charge in [0, 0.05) is 0 Å². The molecule has 0 aliphatic carbocycles. The van der Waals surface area contributed by atoms with Crippen LogP contribution in [0.5, 0.6) is 0 Å². The quantitative estimate of drug-likeness (QED) is 0.492. The van der Waals surface area contributed by atoms with Gasteiger partial charge in [-0.1, -0.05) is 6.07 Å². The Hall–Kier alpha value is -4.83. The Morgan fingerprint density at radius 1 is 1.12 bits per heavy atom. The number of aryl methyl sites for hydroxylation is 1. The van der Waals surface area contributed by atoms with Gasteiger partial charge in [0.1, 0.15) is 34.9 Å². The number of anilines is 2. The first-order valence-electron chi connectivity index (χ1n) is 9.86. The lowest BCUT2D eigenvalue weighted by Gasteiger charge is -2.21. The third kappa shape index (κ3) is 3.93. The van der Waals surface area contributed by atoms with E-state index in [1.807, 2.05) is 12.1 Å². The van der Waals surface area contributed by atoms with Crippen molar-refractivity contribution in [2.45, 2.75) is 19.9 Å². The zero-order chi connectivity index (χ0) is 23.7. The number of nitriles is 2. The van der Waals surface area contributed by atoms with Crippen molar-refractivity contribution >= 4 is 22.5 Å². The highest BCUT2D eigenvalue weighted by Crippen LogP contribution is 2.25. The molecule has 162 valence electrons. The molecule has 1 atom stereocenters. The van der Waals surface area contributed by atoms with Gasteiger partial charge in [-0.05, 0) is 50.2 Å². The second kappa shape index (κ2) is 8.36. The first-order valence-corrected chi connectivity index (χ1v) is 9.86. The number of nitrogens with one attached hydrogen (secondary N) is 1. The Morgan fingerprint density at radius 2 is 1.91 bits per heavy atom. The van der Waals surface area contributed by atoms with Crippen LogP contribution in [0, 0.1) is 35.4 Å². The van der Waals surface area contributed by atoms with E-state index in [-0.39, 0.29) is 28.4 Å². The summed E-state index contributed by atoms with van der Waals surface area (Å²) in [7, 11) is 0. The smallest absolute Gasteiger partial charge is 0.266 e. The standard InChI is InChI=1S/C23H17FN8O/c1-12(28-21-18(11-26)20(27)29-13(2)30-21)22-31-19-7-6-15(24)9-17(19)23(33)32(22)16-5-3-4-14(8-16)10-25/h3-9,12H,1-2H3,(H3,27,28,29,30)/t12-/m0/s1. The number of fused-ring (bicyclic) bond motifs is 1. The van der Waals surface area contributed by atoms with Crippen molar-refractivity contribution in [1.82, 2.24) is 19.5 Å². The Bertz CT molecular complexity index is 1550. The van der Waals surface area contributed by atoms with E-state index in [0.29, 0.717) is 22.6 Å². The molecule has 9 nitrogen and oxygen atoms in total. The van der Waals surface area contributed by atoms with E-state index in [4.69, 9.17) is 5.73 Å². The maximum atomic E-state index is 13.9. The van der Waals surface area contributed by atoms with Crippen molar-refractivity contribution < 1.29 is 4.39 Å². The topological polar surface area (TPSA) is 146 Å². The van der Waals surface area contributed by atoms with Crippen LogP contribution in [0.2, 0.25) is 0 Å². The number of nitrogen functional groups attached to an aromatic ring is 1. The van der Waals surface area contributed by atoms with Crippen LogP contribution in [0.3, 0.4) is 0 Å². The molecular formula is C23H17FN8O. The molecule has 4 rings (SSSR count). The first-order chi connectivity index (χ1) is 15.8. The molecule has 0 saturated carbocycles. The van der Waals surface area contributed by atoms with E-state index < -0.39 is 17.4 Å². The highest BCUT2D eigenvalue weighted by molar-refractivity contribution is 5.78. The molecule has 0 amide bonds. The summed E-state index contributed by atoms with van der Waals surface area (Å²) in [6, 6.07) is 13.6. The number of rotatable bonds is 4. The van der Waals surface area contributed by atoms with E-state index in [1.165, 1.54) is 22.8 Å². The molecule has 0 radical (unpaired) electrons. The fourth-order valence-corrected chi connectivity index (χ4v) is 3.51. The van der Waals surface area contributed by atoms with Crippen LogP contribution in [0.15, 0.2) is 47.3 Å². The average Bonchev–Trinajstić information content (AvgIpc) is 2.79. The summed E-state index contributed by atoms with van der Waals surface area (Å²) in [6.07, 6.45) is 0. The van der Waals surface area contributed by atoms with Gasteiger partial charge in [0.05, 0.1) is 34.3 Å². The number of halogens is 1. The molecule has 2 aromatic carbocycles. The summed E-state index contributed by atoms with van der Waals surface area (Å²) >= 11 is 0. The van der Waals surface area contributed by atoms with Crippen LogP contribution in [0.1, 0.15) is 35.7 Å². The van der Waals surface area contributed by atoms with Crippen LogP contribution >= 0.6 is 0 Å². The molecule has 4 aromatic rings. The lowest BCUT2D eigenvalue weighted by atomic mass is 10.1. The van der Waals surface area contributed by atoms with Crippen LogP contribution in [-0.4, -0.2) is 19.5 Å². The summed E-state index contributed by atoms with van der Waals surface area (Å²) in [4.78, 5) is 26.3. The monoisotopic (exact) mass is 440 g/mol. The second-order valence-electron chi connectivity index (χ2n) is 7.29. The van der Waals surface area contributed by atoms with E-state index in [2.05, 4.69) is 20.3 Å². The molecule has 0 spiro atoms. The first kappa shape index (κ1) is 21.4. The Morgan fingerprint density at radius 3 is 2.64 bits per heavy atom. The highest BCUT2D eigenvalue weighted by atomic mass is 19.1. The number of aromatic nitrogens is 4. The highest BCUT2D eigenvalue weighted by Gasteiger charge is 2.21. The second-order valence-corrected chi connectivity index (χ2v) is 7.29. The summed E-state index contributed by atoms with van der Waals surface area (Å²) in [5.74, 6) is 0.292. The van der Waals surface area contributed by atoms with Gasteiger partial charge in [-0.25, -0.2) is 19.3 Å². The third-order valence-electron chi connectivity index (χ3n) is 4.99. The van der Waals surface area contributed by atoms with Gasteiger partial charge in [-0.3, -0.25) is 9.36 Å². The van der Waals surface area contributed by atoms with E-state index in [1.54, 1.807) is 32.0 Å². The van der Waals surface area contributed by atoms with Crippen molar-refractivity contribution in [2.24, 2.45) is 0 Å². The molecule has 33 heavy (non-hydrogen) atoms. The minimum atomic E-state index is -0.640. The Balaban J connectivity index is 1.95. The lowest BCUT2D eigenvalue weighted by Crippen LogP contribution is -2.28. The number of benzene rings is 2. The van der Waals surface area contributed by atoms with Gasteiger partial charge in [-0.2, -0.15) is 10.5 Å². The van der Waals surface area contributed by atoms with Crippen molar-refractivity contribution in [2.75, 3.05) is 11.1 Å². The maximum Gasteiger partial charge on any atom is 0.266 e. The van der Waals surface area contributed by atoms with Crippen LogP contribution < -0.4 is 16.6 Å². The van der Waals surface area contributed by atoms with Gasteiger partial charge < -0.3 is 11.1 Å². The molecule has 2 heterocycles. The summed E-state index contributed by atoms with van der Waals surface area (Å²) in [5.41, 5.74) is 6.46. The van der Waals surface area contributed by atoms with Gasteiger partial charge >= 0.3 is 0 Å². The van der Waals surface area contributed by atoms with Gasteiger partial charge in [-0.15, -0.1) is 0 Å². The van der Waals surface area contributed by atoms with Crippen molar-refractivity contribution in [3.63, 3.8) is 0 Å². The molecule has 2 aromatic heterocycles. The van der Waals surface area contributed by atoms with Crippen molar-refractivity contribution in [3.8, 4) is 17.8 Å². The largest absolute Gasteiger partial charge is 0.382 e. The number of nitrogens with zero attached hydrogens (tertiary/aromatic N) is 6.